The molecule has 0 unspecified atom stereocenters. The number of nitrogens with zero attached hydrogens (tertiary/aromatic N) is 3. The first kappa shape index (κ1) is 21.9. The van der Waals surface area contributed by atoms with E-state index in [0.29, 0.717) is 32.7 Å². The molecule has 1 aliphatic rings. The first-order chi connectivity index (χ1) is 12.4. The highest BCUT2D eigenvalue weighted by Crippen LogP contribution is 2.03. The van der Waals surface area contributed by atoms with Crippen LogP contribution in [0, 0.1) is 12.3 Å². The van der Waals surface area contributed by atoms with Gasteiger partial charge in [0.1, 0.15) is 0 Å². The fourth-order valence-electron chi connectivity index (χ4n) is 2.82. The zero-order valence-electron chi connectivity index (χ0n) is 15.0. The average Bonchev–Trinajstić information content (AvgIpc) is 2.66. The molecule has 1 amide bonds. The molecule has 1 fully saturated rings. The van der Waals surface area contributed by atoms with E-state index in [1.54, 1.807) is 0 Å². The number of hydrogen-bond acceptors (Lipinski definition) is 6. The molecular weight excluding hydrogens is 340 g/mol. The molecule has 26 heavy (non-hydrogen) atoms. The van der Waals surface area contributed by atoms with Crippen LogP contribution in [-0.2, 0) is 14.4 Å². The molecule has 0 aliphatic carbocycles. The van der Waals surface area contributed by atoms with Crippen molar-refractivity contribution in [2.75, 3.05) is 65.4 Å². The van der Waals surface area contributed by atoms with E-state index in [0.717, 1.165) is 32.5 Å². The van der Waals surface area contributed by atoms with Gasteiger partial charge in [0.15, 0.2) is 0 Å². The molecule has 0 bridgehead atoms. The predicted octanol–water partition coefficient (Wildman–Crippen LogP) is -1.40. The van der Waals surface area contributed by atoms with Gasteiger partial charge in [-0.1, -0.05) is 0 Å². The topological polar surface area (TPSA) is 113 Å². The van der Waals surface area contributed by atoms with E-state index in [4.69, 9.17) is 16.6 Å². The summed E-state index contributed by atoms with van der Waals surface area (Å²) in [6.07, 6.45) is 6.64. The maximum atomic E-state index is 11.0. The molecule has 9 heteroatoms. The highest BCUT2D eigenvalue weighted by Gasteiger charge is 2.19. The largest absolute Gasteiger partial charge is 0.480 e. The molecule has 0 aromatic heterocycles. The smallest absolute Gasteiger partial charge is 0.317 e. The number of carboxylic acid groups (broad SMARTS) is 2. The Kier molecular flexibility index (Phi) is 10.3. The molecule has 0 saturated carbocycles. The Balaban J connectivity index is 2.50. The van der Waals surface area contributed by atoms with Gasteiger partial charge in [-0.3, -0.25) is 24.2 Å². The molecule has 0 aromatic carbocycles. The first-order valence-corrected chi connectivity index (χ1v) is 8.75. The summed E-state index contributed by atoms with van der Waals surface area (Å²) in [5.74, 6) is -0.183. The number of carbonyl (C=O) groups is 3. The van der Waals surface area contributed by atoms with Crippen LogP contribution in [0.15, 0.2) is 0 Å². The quantitative estimate of drug-likeness (QED) is 0.337. The third kappa shape index (κ3) is 9.98. The van der Waals surface area contributed by atoms with Crippen molar-refractivity contribution in [3.63, 3.8) is 0 Å². The summed E-state index contributed by atoms with van der Waals surface area (Å²) < 4.78 is 0. The molecule has 3 N–H and O–H groups in total. The molecule has 0 spiro atoms. The molecule has 9 nitrogen and oxygen atoms in total. The van der Waals surface area contributed by atoms with Gasteiger partial charge in [-0.2, -0.15) is 0 Å². The molecule has 146 valence electrons. The molecule has 1 rings (SSSR count). The van der Waals surface area contributed by atoms with Crippen LogP contribution >= 0.6 is 0 Å². The second-order valence-electron chi connectivity index (χ2n) is 6.29. The van der Waals surface area contributed by atoms with Crippen LogP contribution in [-0.4, -0.2) is 108 Å². The van der Waals surface area contributed by atoms with Crippen LogP contribution in [0.4, 0.5) is 0 Å². The van der Waals surface area contributed by atoms with Gasteiger partial charge in [0.25, 0.3) is 5.91 Å². The van der Waals surface area contributed by atoms with Gasteiger partial charge in [0.2, 0.25) is 0 Å². The number of amides is 1. The van der Waals surface area contributed by atoms with Gasteiger partial charge in [0, 0.05) is 45.8 Å². The zero-order valence-corrected chi connectivity index (χ0v) is 15.0. The van der Waals surface area contributed by atoms with Crippen LogP contribution in [0.25, 0.3) is 0 Å². The number of unbranched alkanes of at least 4 members (excludes halogenated alkanes) is 1. The van der Waals surface area contributed by atoms with Crippen LogP contribution < -0.4 is 5.32 Å². The minimum absolute atomic E-state index is 0.0487. The molecule has 1 aliphatic heterocycles. The Hall–Kier alpha value is -2.15. The van der Waals surface area contributed by atoms with Crippen LogP contribution in [0.5, 0.6) is 0 Å². The third-order valence-electron chi connectivity index (χ3n) is 4.23. The second-order valence-corrected chi connectivity index (χ2v) is 6.29. The monoisotopic (exact) mass is 368 g/mol. The highest BCUT2D eigenvalue weighted by atomic mass is 16.4. The Morgan fingerprint density at radius 3 is 1.73 bits per heavy atom. The number of nitrogens with one attached hydrogen (secondary N) is 1. The molecule has 0 atom stereocenters. The maximum absolute atomic E-state index is 11.0. The number of rotatable bonds is 9. The standard InChI is InChI=1S/C17H28N4O5/c1-2-15(22)18-5-3-4-6-19-7-9-20(13-16(23)24)11-12-21(10-8-19)14-17(25)26/h1H,3-14H2,(H,18,22)(H,23,24)(H,25,26). The van der Waals surface area contributed by atoms with Crippen molar-refractivity contribution < 1.29 is 24.6 Å². The average molecular weight is 368 g/mol. The minimum Gasteiger partial charge on any atom is -0.480 e. The van der Waals surface area contributed by atoms with Crippen LogP contribution in [0.1, 0.15) is 12.8 Å². The minimum atomic E-state index is -0.884. The number of aliphatic carboxylic acids is 2. The van der Waals surface area contributed by atoms with E-state index < -0.39 is 17.8 Å². The Morgan fingerprint density at radius 2 is 1.31 bits per heavy atom. The van der Waals surface area contributed by atoms with Crippen molar-refractivity contribution >= 4 is 17.8 Å². The summed E-state index contributed by atoms with van der Waals surface area (Å²) in [5, 5.41) is 20.7. The number of terminal acetylenes is 1. The van der Waals surface area contributed by atoms with E-state index >= 15 is 0 Å². The lowest BCUT2D eigenvalue weighted by Crippen LogP contribution is -2.40. The summed E-state index contributed by atoms with van der Waals surface area (Å²) in [6, 6.07) is 0. The van der Waals surface area contributed by atoms with Gasteiger partial charge in [-0.15, -0.1) is 6.42 Å². The summed E-state index contributed by atoms with van der Waals surface area (Å²) in [4.78, 5) is 38.9. The summed E-state index contributed by atoms with van der Waals surface area (Å²) in [5.41, 5.74) is 0. The van der Waals surface area contributed by atoms with Crippen molar-refractivity contribution in [2.45, 2.75) is 12.8 Å². The van der Waals surface area contributed by atoms with Gasteiger partial charge < -0.3 is 20.4 Å². The lowest BCUT2D eigenvalue weighted by atomic mass is 10.2. The fraction of sp³-hybridized carbons (Fsp3) is 0.706. The maximum Gasteiger partial charge on any atom is 0.317 e. The van der Waals surface area contributed by atoms with Gasteiger partial charge in [-0.05, 0) is 25.3 Å². The van der Waals surface area contributed by atoms with Crippen LogP contribution in [0.3, 0.4) is 0 Å². The van der Waals surface area contributed by atoms with E-state index in [-0.39, 0.29) is 13.1 Å². The van der Waals surface area contributed by atoms with Crippen molar-refractivity contribution in [2.24, 2.45) is 0 Å². The molecular formula is C17H28N4O5. The molecule has 1 saturated heterocycles. The highest BCUT2D eigenvalue weighted by molar-refractivity contribution is 5.92. The summed E-state index contributed by atoms with van der Waals surface area (Å²) in [7, 11) is 0. The van der Waals surface area contributed by atoms with Crippen LogP contribution in [0.2, 0.25) is 0 Å². The van der Waals surface area contributed by atoms with E-state index in [1.165, 1.54) is 0 Å². The second kappa shape index (κ2) is 12.2. The van der Waals surface area contributed by atoms with Crippen molar-refractivity contribution in [3.05, 3.63) is 0 Å². The Labute approximate surface area is 153 Å². The first-order valence-electron chi connectivity index (χ1n) is 8.75. The lowest BCUT2D eigenvalue weighted by molar-refractivity contribution is -0.140. The molecule has 1 heterocycles. The Morgan fingerprint density at radius 1 is 0.846 bits per heavy atom. The third-order valence-corrected chi connectivity index (χ3v) is 4.23. The normalized spacial score (nSPS) is 17.5. The Bertz CT molecular complexity index is 492. The lowest BCUT2D eigenvalue weighted by Gasteiger charge is -2.25. The van der Waals surface area contributed by atoms with Gasteiger partial charge >= 0.3 is 11.9 Å². The van der Waals surface area contributed by atoms with Gasteiger partial charge in [-0.25, -0.2) is 0 Å². The number of carboxylic acids is 2. The fourth-order valence-corrected chi connectivity index (χ4v) is 2.82. The number of hydrogen-bond donors (Lipinski definition) is 3. The van der Waals surface area contributed by atoms with E-state index in [1.807, 2.05) is 15.7 Å². The van der Waals surface area contributed by atoms with E-state index in [2.05, 4.69) is 10.2 Å². The van der Waals surface area contributed by atoms with Gasteiger partial charge in [0.05, 0.1) is 13.1 Å². The molecule has 0 aromatic rings. The van der Waals surface area contributed by atoms with Crippen molar-refractivity contribution in [1.82, 2.24) is 20.0 Å². The summed E-state index contributed by atoms with van der Waals surface area (Å²) in [6.45, 7) is 5.00. The summed E-state index contributed by atoms with van der Waals surface area (Å²) >= 11 is 0. The number of carbonyl (C=O) groups excluding carboxylic acids is 1. The SMILES string of the molecule is C#CC(=O)NCCCCN1CCN(CC(=O)O)CCN(CC(=O)O)CC1. The van der Waals surface area contributed by atoms with E-state index in [9.17, 15) is 14.4 Å². The predicted molar refractivity (Wildman–Crippen MR) is 95.7 cm³/mol. The molecule has 0 radical (unpaired) electrons. The van der Waals surface area contributed by atoms with Crippen molar-refractivity contribution in [1.29, 1.82) is 0 Å². The zero-order chi connectivity index (χ0) is 19.4. The van der Waals surface area contributed by atoms with Crippen molar-refractivity contribution in [3.8, 4) is 12.3 Å².